The van der Waals surface area contributed by atoms with Gasteiger partial charge in [0.05, 0.1) is 22.7 Å². The van der Waals surface area contributed by atoms with Crippen molar-refractivity contribution in [1.29, 1.82) is 0 Å². The van der Waals surface area contributed by atoms with E-state index in [4.69, 9.17) is 4.74 Å². The monoisotopic (exact) mass is 351 g/mol. The number of nitrogens with one attached hydrogen (secondary N) is 1. The predicted octanol–water partition coefficient (Wildman–Crippen LogP) is 3.74. The van der Waals surface area contributed by atoms with E-state index in [0.717, 1.165) is 42.0 Å². The summed E-state index contributed by atoms with van der Waals surface area (Å²) in [5.74, 6) is 0.907. The highest BCUT2D eigenvalue weighted by molar-refractivity contribution is 9.10. The van der Waals surface area contributed by atoms with Gasteiger partial charge in [-0.3, -0.25) is 0 Å². The minimum absolute atomic E-state index is 0.525. The van der Waals surface area contributed by atoms with Crippen LogP contribution in [0, 0.1) is 0 Å². The first kappa shape index (κ1) is 16.0. The highest BCUT2D eigenvalue weighted by Gasteiger charge is 2.09. The van der Waals surface area contributed by atoms with Crippen LogP contribution in [-0.2, 0) is 19.7 Å². The standard InChI is InChI=1S/C16H22BrN3O/c1-3-8-18-9-13-6-5-7-15(17)16(13)21-11-14-10-19-12-20(14)4-2/h5-7,10,12,18H,3-4,8-9,11H2,1-2H3. The molecule has 1 heterocycles. The van der Waals surface area contributed by atoms with Crippen molar-refractivity contribution in [3.05, 3.63) is 46.5 Å². The second-order valence-corrected chi connectivity index (χ2v) is 5.72. The summed E-state index contributed by atoms with van der Waals surface area (Å²) in [4.78, 5) is 4.17. The molecule has 1 aromatic carbocycles. The minimum Gasteiger partial charge on any atom is -0.486 e. The van der Waals surface area contributed by atoms with E-state index in [9.17, 15) is 0 Å². The molecule has 4 nitrogen and oxygen atoms in total. The van der Waals surface area contributed by atoms with E-state index in [-0.39, 0.29) is 0 Å². The fraction of sp³-hybridized carbons (Fsp3) is 0.438. The molecule has 0 saturated heterocycles. The SMILES string of the molecule is CCCNCc1cccc(Br)c1OCc1cncn1CC. The zero-order chi connectivity index (χ0) is 15.1. The first-order valence-corrected chi connectivity index (χ1v) is 8.15. The lowest BCUT2D eigenvalue weighted by molar-refractivity contribution is 0.289. The minimum atomic E-state index is 0.525. The molecule has 0 unspecified atom stereocenters. The molecule has 0 spiro atoms. The molecule has 2 rings (SSSR count). The van der Waals surface area contributed by atoms with E-state index in [1.807, 2.05) is 24.7 Å². The van der Waals surface area contributed by atoms with Crippen molar-refractivity contribution in [2.24, 2.45) is 0 Å². The summed E-state index contributed by atoms with van der Waals surface area (Å²) >= 11 is 3.58. The maximum atomic E-state index is 6.04. The number of imidazole rings is 1. The molecule has 0 aliphatic rings. The van der Waals surface area contributed by atoms with Crippen LogP contribution in [-0.4, -0.2) is 16.1 Å². The number of nitrogens with zero attached hydrogens (tertiary/aromatic N) is 2. The Morgan fingerprint density at radius 3 is 2.95 bits per heavy atom. The molecule has 0 atom stereocenters. The van der Waals surface area contributed by atoms with Gasteiger partial charge in [0, 0.05) is 18.7 Å². The molecule has 0 radical (unpaired) electrons. The summed E-state index contributed by atoms with van der Waals surface area (Å²) < 4.78 is 9.11. The van der Waals surface area contributed by atoms with Crippen LogP contribution in [0.25, 0.3) is 0 Å². The largest absolute Gasteiger partial charge is 0.486 e. The van der Waals surface area contributed by atoms with Gasteiger partial charge < -0.3 is 14.6 Å². The molecule has 5 heteroatoms. The number of halogens is 1. The van der Waals surface area contributed by atoms with E-state index < -0.39 is 0 Å². The maximum Gasteiger partial charge on any atom is 0.138 e. The van der Waals surface area contributed by atoms with E-state index >= 15 is 0 Å². The van der Waals surface area contributed by atoms with Crippen LogP contribution in [0.3, 0.4) is 0 Å². The van der Waals surface area contributed by atoms with Crippen LogP contribution >= 0.6 is 15.9 Å². The molecule has 1 aromatic heterocycles. The summed E-state index contributed by atoms with van der Waals surface area (Å²) in [7, 11) is 0. The highest BCUT2D eigenvalue weighted by atomic mass is 79.9. The number of hydrogen-bond acceptors (Lipinski definition) is 3. The van der Waals surface area contributed by atoms with E-state index in [2.05, 4.69) is 50.7 Å². The quantitative estimate of drug-likeness (QED) is 0.736. The zero-order valence-corrected chi connectivity index (χ0v) is 14.2. The lowest BCUT2D eigenvalue weighted by Gasteiger charge is -2.14. The van der Waals surface area contributed by atoms with Crippen LogP contribution < -0.4 is 10.1 Å². The molecule has 0 bridgehead atoms. The van der Waals surface area contributed by atoms with Gasteiger partial charge in [-0.05, 0) is 41.9 Å². The van der Waals surface area contributed by atoms with Gasteiger partial charge >= 0.3 is 0 Å². The molecule has 0 saturated carbocycles. The van der Waals surface area contributed by atoms with E-state index in [1.165, 1.54) is 5.56 Å². The van der Waals surface area contributed by atoms with Crippen molar-refractivity contribution in [1.82, 2.24) is 14.9 Å². The molecule has 1 N–H and O–H groups in total. The first-order chi connectivity index (χ1) is 10.3. The fourth-order valence-electron chi connectivity index (χ4n) is 2.15. The Kier molecular flexibility index (Phi) is 6.26. The Morgan fingerprint density at radius 1 is 1.33 bits per heavy atom. The van der Waals surface area contributed by atoms with Crippen LogP contribution in [0.2, 0.25) is 0 Å². The third-order valence-electron chi connectivity index (χ3n) is 3.29. The summed E-state index contributed by atoms with van der Waals surface area (Å²) in [6.45, 7) is 7.52. The average Bonchev–Trinajstić information content (AvgIpc) is 2.94. The van der Waals surface area contributed by atoms with Crippen molar-refractivity contribution < 1.29 is 4.74 Å². The van der Waals surface area contributed by atoms with Crippen molar-refractivity contribution >= 4 is 15.9 Å². The van der Waals surface area contributed by atoms with Gasteiger partial charge in [0.1, 0.15) is 12.4 Å². The Labute approximate surface area is 134 Å². The van der Waals surface area contributed by atoms with Gasteiger partial charge in [0.2, 0.25) is 0 Å². The molecule has 114 valence electrons. The molecular formula is C16H22BrN3O. The number of benzene rings is 1. The van der Waals surface area contributed by atoms with Crippen molar-refractivity contribution in [2.45, 2.75) is 40.0 Å². The summed E-state index contributed by atoms with van der Waals surface area (Å²) in [5.41, 5.74) is 2.25. The number of ether oxygens (including phenoxy) is 1. The molecule has 0 amide bonds. The van der Waals surface area contributed by atoms with E-state index in [0.29, 0.717) is 6.61 Å². The number of rotatable bonds is 8. The molecule has 0 fully saturated rings. The topological polar surface area (TPSA) is 39.1 Å². The summed E-state index contributed by atoms with van der Waals surface area (Å²) in [6, 6.07) is 6.14. The van der Waals surface area contributed by atoms with E-state index in [1.54, 1.807) is 0 Å². The second kappa shape index (κ2) is 8.20. The van der Waals surface area contributed by atoms with Crippen molar-refractivity contribution in [3.63, 3.8) is 0 Å². The Bertz CT molecular complexity index is 568. The van der Waals surface area contributed by atoms with Gasteiger partial charge in [0.15, 0.2) is 0 Å². The van der Waals surface area contributed by atoms with Crippen molar-refractivity contribution in [3.8, 4) is 5.75 Å². The average molecular weight is 352 g/mol. The lowest BCUT2D eigenvalue weighted by atomic mass is 10.2. The van der Waals surface area contributed by atoms with Gasteiger partial charge in [-0.25, -0.2) is 4.98 Å². The molecule has 0 aliphatic carbocycles. The molecule has 2 aromatic rings. The summed E-state index contributed by atoms with van der Waals surface area (Å²) in [5, 5.41) is 3.42. The number of hydrogen-bond donors (Lipinski definition) is 1. The predicted molar refractivity (Wildman–Crippen MR) is 88.4 cm³/mol. The van der Waals surface area contributed by atoms with Crippen LogP contribution in [0.4, 0.5) is 0 Å². The Hall–Kier alpha value is -1.33. The number of para-hydroxylation sites is 1. The Balaban J connectivity index is 2.07. The third-order valence-corrected chi connectivity index (χ3v) is 3.92. The third kappa shape index (κ3) is 4.32. The normalized spacial score (nSPS) is 10.8. The maximum absolute atomic E-state index is 6.04. The van der Waals surface area contributed by atoms with Gasteiger partial charge in [0.25, 0.3) is 0 Å². The van der Waals surface area contributed by atoms with Crippen LogP contribution in [0.15, 0.2) is 35.2 Å². The smallest absolute Gasteiger partial charge is 0.138 e. The number of aromatic nitrogens is 2. The van der Waals surface area contributed by atoms with Gasteiger partial charge in [-0.2, -0.15) is 0 Å². The molecule has 21 heavy (non-hydrogen) atoms. The molecule has 0 aliphatic heterocycles. The fourth-order valence-corrected chi connectivity index (χ4v) is 2.68. The highest BCUT2D eigenvalue weighted by Crippen LogP contribution is 2.29. The summed E-state index contributed by atoms with van der Waals surface area (Å²) in [6.07, 6.45) is 4.82. The number of aryl methyl sites for hydroxylation is 1. The lowest BCUT2D eigenvalue weighted by Crippen LogP contribution is -2.15. The van der Waals surface area contributed by atoms with Crippen molar-refractivity contribution in [2.75, 3.05) is 6.54 Å². The van der Waals surface area contributed by atoms with Crippen LogP contribution in [0.1, 0.15) is 31.5 Å². The zero-order valence-electron chi connectivity index (χ0n) is 12.6. The van der Waals surface area contributed by atoms with Crippen LogP contribution in [0.5, 0.6) is 5.75 Å². The molecular weight excluding hydrogens is 330 g/mol. The van der Waals surface area contributed by atoms with Gasteiger partial charge in [-0.15, -0.1) is 0 Å². The second-order valence-electron chi connectivity index (χ2n) is 4.86. The Morgan fingerprint density at radius 2 is 2.19 bits per heavy atom. The first-order valence-electron chi connectivity index (χ1n) is 7.36. The van der Waals surface area contributed by atoms with Gasteiger partial charge in [-0.1, -0.05) is 19.1 Å².